The summed E-state index contributed by atoms with van der Waals surface area (Å²) < 4.78 is 5.67. The van der Waals surface area contributed by atoms with Crippen molar-refractivity contribution in [2.45, 2.75) is 43.7 Å². The molecule has 0 radical (unpaired) electrons. The van der Waals surface area contributed by atoms with E-state index in [9.17, 15) is 4.79 Å². The average molecular weight is 399 g/mol. The van der Waals surface area contributed by atoms with E-state index >= 15 is 0 Å². The van der Waals surface area contributed by atoms with E-state index in [2.05, 4.69) is 35.1 Å². The Hall–Kier alpha value is -1.92. The summed E-state index contributed by atoms with van der Waals surface area (Å²) in [4.78, 5) is 23.2. The Bertz CT molecular complexity index is 926. The predicted octanol–water partition coefficient (Wildman–Crippen LogP) is 5.57. The summed E-state index contributed by atoms with van der Waals surface area (Å²) in [6, 6.07) is 12.4. The number of fused-ring (bicyclic) bond motifs is 1. The first-order valence-corrected chi connectivity index (χ1v) is 11.1. The summed E-state index contributed by atoms with van der Waals surface area (Å²) in [5, 5.41) is 1.85. The minimum Gasteiger partial charge on any atom is -0.462 e. The van der Waals surface area contributed by atoms with Crippen LogP contribution < -0.4 is 0 Å². The number of ether oxygens (including phenoxy) is 1. The molecule has 2 atom stereocenters. The minimum absolute atomic E-state index is 0.0816. The van der Waals surface area contributed by atoms with Gasteiger partial charge in [-0.1, -0.05) is 55.4 Å². The van der Waals surface area contributed by atoms with Gasteiger partial charge in [0.05, 0.1) is 5.75 Å². The summed E-state index contributed by atoms with van der Waals surface area (Å²) in [7, 11) is 0. The molecule has 2 aromatic heterocycles. The van der Waals surface area contributed by atoms with Crippen LogP contribution in [0.25, 0.3) is 20.7 Å². The molecule has 27 heavy (non-hydrogen) atoms. The van der Waals surface area contributed by atoms with Crippen LogP contribution in [-0.2, 0) is 9.53 Å². The molecule has 0 amide bonds. The van der Waals surface area contributed by atoms with Crippen LogP contribution in [0.4, 0.5) is 0 Å². The van der Waals surface area contributed by atoms with Crippen LogP contribution in [0.15, 0.2) is 47.8 Å². The number of benzene rings is 1. The normalized spacial score (nSPS) is 19.9. The molecule has 2 heterocycles. The second-order valence-electron chi connectivity index (χ2n) is 7.05. The number of thiophene rings is 1. The van der Waals surface area contributed by atoms with E-state index in [0.29, 0.717) is 5.92 Å². The maximum atomic E-state index is 12.3. The molecule has 1 aliphatic rings. The SMILES string of the molecule is C[C@@H]1CCC[C@@H](OC(=O)CSc2ncnc3sc(-c4ccccc4)cc23)C1. The van der Waals surface area contributed by atoms with Crippen LogP contribution in [0.3, 0.4) is 0 Å². The fourth-order valence-corrected chi connectivity index (χ4v) is 5.35. The van der Waals surface area contributed by atoms with Gasteiger partial charge in [0.2, 0.25) is 0 Å². The van der Waals surface area contributed by atoms with Crippen molar-refractivity contribution in [3.63, 3.8) is 0 Å². The Morgan fingerprint density at radius 2 is 2.11 bits per heavy atom. The van der Waals surface area contributed by atoms with E-state index in [0.717, 1.165) is 39.4 Å². The summed E-state index contributed by atoms with van der Waals surface area (Å²) in [5.74, 6) is 0.783. The molecule has 1 aliphatic carbocycles. The van der Waals surface area contributed by atoms with Crippen molar-refractivity contribution >= 4 is 39.3 Å². The Balaban J connectivity index is 1.44. The zero-order valence-electron chi connectivity index (χ0n) is 15.3. The lowest BCUT2D eigenvalue weighted by molar-refractivity contribution is -0.147. The Morgan fingerprint density at radius 1 is 1.26 bits per heavy atom. The van der Waals surface area contributed by atoms with Crippen LogP contribution in [0, 0.1) is 5.92 Å². The number of esters is 1. The number of nitrogens with zero attached hydrogens (tertiary/aromatic N) is 2. The van der Waals surface area contributed by atoms with Crippen LogP contribution in [0.5, 0.6) is 0 Å². The van der Waals surface area contributed by atoms with Gasteiger partial charge in [0.1, 0.15) is 22.3 Å². The average Bonchev–Trinajstić information content (AvgIpc) is 3.12. The van der Waals surface area contributed by atoms with Crippen LogP contribution in [0.2, 0.25) is 0 Å². The lowest BCUT2D eigenvalue weighted by atomic mass is 9.89. The number of hydrogen-bond acceptors (Lipinski definition) is 6. The molecule has 0 spiro atoms. The lowest BCUT2D eigenvalue weighted by Crippen LogP contribution is -2.25. The summed E-state index contributed by atoms with van der Waals surface area (Å²) in [6.45, 7) is 2.23. The van der Waals surface area contributed by atoms with Gasteiger partial charge >= 0.3 is 5.97 Å². The number of hydrogen-bond donors (Lipinski definition) is 0. The largest absolute Gasteiger partial charge is 0.462 e. The summed E-state index contributed by atoms with van der Waals surface area (Å²) >= 11 is 3.08. The molecule has 1 saturated carbocycles. The second kappa shape index (κ2) is 8.40. The van der Waals surface area contributed by atoms with E-state index in [1.807, 2.05) is 18.2 Å². The number of rotatable bonds is 5. The molecule has 0 bridgehead atoms. The molecule has 6 heteroatoms. The molecule has 1 aromatic carbocycles. The van der Waals surface area contributed by atoms with E-state index in [1.54, 1.807) is 17.7 Å². The van der Waals surface area contributed by atoms with Gasteiger partial charge in [-0.2, -0.15) is 0 Å². The van der Waals surface area contributed by atoms with Crippen molar-refractivity contribution in [3.05, 3.63) is 42.7 Å². The molecule has 140 valence electrons. The van der Waals surface area contributed by atoms with Crippen LogP contribution >= 0.6 is 23.1 Å². The highest BCUT2D eigenvalue weighted by Crippen LogP contribution is 2.36. The highest BCUT2D eigenvalue weighted by atomic mass is 32.2. The Morgan fingerprint density at radius 3 is 2.93 bits per heavy atom. The highest BCUT2D eigenvalue weighted by Gasteiger charge is 2.22. The number of aromatic nitrogens is 2. The lowest BCUT2D eigenvalue weighted by Gasteiger charge is -2.26. The Labute approximate surface area is 167 Å². The monoisotopic (exact) mass is 398 g/mol. The number of carbonyl (C=O) groups is 1. The van der Waals surface area contributed by atoms with Gasteiger partial charge in [-0.25, -0.2) is 9.97 Å². The zero-order chi connectivity index (χ0) is 18.6. The van der Waals surface area contributed by atoms with Crippen molar-refractivity contribution in [2.75, 3.05) is 5.75 Å². The van der Waals surface area contributed by atoms with Crippen LogP contribution in [0.1, 0.15) is 32.6 Å². The van der Waals surface area contributed by atoms with E-state index in [-0.39, 0.29) is 17.8 Å². The van der Waals surface area contributed by atoms with Gasteiger partial charge in [0.25, 0.3) is 0 Å². The standard InChI is InChI=1S/C21H22N2O2S2/c1-14-6-5-9-16(10-14)25-19(24)12-26-20-17-11-18(15-7-3-2-4-8-15)27-21(17)23-13-22-20/h2-4,7-8,11,13-14,16H,5-6,9-10,12H2,1H3/t14-,16-/m1/s1. The predicted molar refractivity (Wildman–Crippen MR) is 111 cm³/mol. The van der Waals surface area contributed by atoms with Gasteiger partial charge in [0.15, 0.2) is 0 Å². The molecule has 0 saturated heterocycles. The van der Waals surface area contributed by atoms with E-state index in [1.165, 1.54) is 23.7 Å². The summed E-state index contributed by atoms with van der Waals surface area (Å²) in [5.41, 5.74) is 1.17. The highest BCUT2D eigenvalue weighted by molar-refractivity contribution is 8.00. The van der Waals surface area contributed by atoms with E-state index in [4.69, 9.17) is 4.74 Å². The molecule has 0 aliphatic heterocycles. The number of carbonyl (C=O) groups excluding carboxylic acids is 1. The molecule has 4 rings (SSSR count). The van der Waals surface area contributed by atoms with E-state index < -0.39 is 0 Å². The molecule has 4 nitrogen and oxygen atoms in total. The molecule has 0 N–H and O–H groups in total. The maximum absolute atomic E-state index is 12.3. The van der Waals surface area contributed by atoms with Gasteiger partial charge in [-0.15, -0.1) is 11.3 Å². The third-order valence-electron chi connectivity index (χ3n) is 4.86. The third-order valence-corrected chi connectivity index (χ3v) is 6.94. The first-order chi connectivity index (χ1) is 13.2. The smallest absolute Gasteiger partial charge is 0.316 e. The maximum Gasteiger partial charge on any atom is 0.316 e. The van der Waals surface area contributed by atoms with Gasteiger partial charge in [-0.3, -0.25) is 4.79 Å². The molecule has 1 fully saturated rings. The minimum atomic E-state index is -0.149. The fourth-order valence-electron chi connectivity index (χ4n) is 3.53. The molecule has 3 aromatic rings. The quantitative estimate of drug-likeness (QED) is 0.319. The van der Waals surface area contributed by atoms with Crippen molar-refractivity contribution in [2.24, 2.45) is 5.92 Å². The van der Waals surface area contributed by atoms with Crippen LogP contribution in [-0.4, -0.2) is 27.8 Å². The number of thioether (sulfide) groups is 1. The van der Waals surface area contributed by atoms with Crippen molar-refractivity contribution < 1.29 is 9.53 Å². The van der Waals surface area contributed by atoms with Gasteiger partial charge in [0, 0.05) is 10.3 Å². The topological polar surface area (TPSA) is 52.1 Å². The first kappa shape index (κ1) is 18.4. The Kier molecular flexibility index (Phi) is 5.74. The fraction of sp³-hybridized carbons (Fsp3) is 0.381. The summed E-state index contributed by atoms with van der Waals surface area (Å²) in [6.07, 6.45) is 6.02. The third kappa shape index (κ3) is 4.50. The molecular weight excluding hydrogens is 376 g/mol. The zero-order valence-corrected chi connectivity index (χ0v) is 16.9. The van der Waals surface area contributed by atoms with Crippen molar-refractivity contribution in [1.82, 2.24) is 9.97 Å². The van der Waals surface area contributed by atoms with Gasteiger partial charge < -0.3 is 4.74 Å². The molecular formula is C21H22N2O2S2. The second-order valence-corrected chi connectivity index (χ2v) is 9.04. The van der Waals surface area contributed by atoms with Crippen molar-refractivity contribution in [1.29, 1.82) is 0 Å². The van der Waals surface area contributed by atoms with Gasteiger partial charge in [-0.05, 0) is 36.8 Å². The molecule has 0 unspecified atom stereocenters. The first-order valence-electron chi connectivity index (χ1n) is 9.31. The van der Waals surface area contributed by atoms with Crippen molar-refractivity contribution in [3.8, 4) is 10.4 Å².